The van der Waals surface area contributed by atoms with E-state index in [0.29, 0.717) is 22.8 Å². The maximum atomic E-state index is 12.9. The normalized spacial score (nSPS) is 15.9. The van der Waals surface area contributed by atoms with Crippen molar-refractivity contribution < 1.29 is 29.0 Å². The lowest BCUT2D eigenvalue weighted by Gasteiger charge is -2.30. The Kier molecular flexibility index (Phi) is 9.93. The van der Waals surface area contributed by atoms with Crippen LogP contribution in [0.25, 0.3) is 0 Å². The molecule has 0 radical (unpaired) electrons. The average Bonchev–Trinajstić information content (AvgIpc) is 3.04. The molecule has 1 aliphatic rings. The molecule has 0 unspecified atom stereocenters. The number of anilines is 2. The van der Waals surface area contributed by atoms with E-state index in [0.717, 1.165) is 37.1 Å². The molecular formula is C35H36N4O6. The van der Waals surface area contributed by atoms with Gasteiger partial charge in [0.25, 0.3) is 5.91 Å². The maximum absolute atomic E-state index is 12.9. The highest BCUT2D eigenvalue weighted by Crippen LogP contribution is 2.28. The number of ether oxygens (including phenoxy) is 2. The van der Waals surface area contributed by atoms with E-state index in [1.807, 2.05) is 67.5 Å². The number of para-hydroxylation sites is 2. The molecule has 1 fully saturated rings. The molecule has 3 N–H and O–H groups in total. The van der Waals surface area contributed by atoms with Crippen molar-refractivity contribution in [2.75, 3.05) is 24.3 Å². The molecule has 0 aliphatic heterocycles. The first-order chi connectivity index (χ1) is 21.7. The summed E-state index contributed by atoms with van der Waals surface area (Å²) in [6, 6.07) is 24.7. The van der Waals surface area contributed by atoms with Gasteiger partial charge in [0.15, 0.2) is 0 Å². The Bertz CT molecular complexity index is 1630. The lowest BCUT2D eigenvalue weighted by Crippen LogP contribution is -2.40. The Labute approximate surface area is 262 Å². The fourth-order valence-electron chi connectivity index (χ4n) is 5.28. The molecule has 5 rings (SSSR count). The Balaban J connectivity index is 1.06. The van der Waals surface area contributed by atoms with Gasteiger partial charge in [0, 0.05) is 38.1 Å². The van der Waals surface area contributed by atoms with E-state index in [4.69, 9.17) is 9.47 Å². The number of carbonyl (C=O) groups is 3. The van der Waals surface area contributed by atoms with E-state index in [2.05, 4.69) is 15.6 Å². The average molecular weight is 609 g/mol. The van der Waals surface area contributed by atoms with Gasteiger partial charge in [-0.25, -0.2) is 9.78 Å². The van der Waals surface area contributed by atoms with Gasteiger partial charge in [0.2, 0.25) is 11.8 Å². The molecule has 0 bridgehead atoms. The third-order valence-corrected chi connectivity index (χ3v) is 7.58. The van der Waals surface area contributed by atoms with Crippen molar-refractivity contribution in [1.82, 2.24) is 10.3 Å². The first-order valence-electron chi connectivity index (χ1n) is 14.8. The highest BCUT2D eigenvalue weighted by molar-refractivity contribution is 6.01. The van der Waals surface area contributed by atoms with Crippen LogP contribution in [-0.2, 0) is 11.2 Å². The third-order valence-electron chi connectivity index (χ3n) is 7.58. The van der Waals surface area contributed by atoms with Gasteiger partial charge in [-0.3, -0.25) is 9.59 Å². The van der Waals surface area contributed by atoms with Crippen molar-refractivity contribution in [1.29, 1.82) is 0 Å². The van der Waals surface area contributed by atoms with E-state index < -0.39 is 5.97 Å². The number of nitrogens with one attached hydrogen (secondary N) is 2. The number of rotatable bonds is 11. The fraction of sp³-hybridized carbons (Fsp3) is 0.257. The minimum atomic E-state index is -1.11. The largest absolute Gasteiger partial charge is 0.490 e. The second-order valence-corrected chi connectivity index (χ2v) is 11.1. The summed E-state index contributed by atoms with van der Waals surface area (Å²) in [4.78, 5) is 43.0. The standard InChI is InChI=1S/C35H36N4O6/c1-39(2)31-10-6-4-8-29(31)34(41)37-24-12-14-25(15-13-24)44-26-16-18-27(19-17-26)45-33-20-11-23(22-36-33)21-32(40)38-30-9-5-3-7-28(30)35(42)43/h3-11,16-20,22,24-25H,12-15,21H2,1-2H3,(H,37,41)(H,38,40)(H,42,43). The summed E-state index contributed by atoms with van der Waals surface area (Å²) in [5.41, 5.74) is 2.51. The molecule has 10 heteroatoms. The molecule has 45 heavy (non-hydrogen) atoms. The molecule has 1 aliphatic carbocycles. The molecular weight excluding hydrogens is 572 g/mol. The summed E-state index contributed by atoms with van der Waals surface area (Å²) in [5, 5.41) is 15.1. The quantitative estimate of drug-likeness (QED) is 0.191. The van der Waals surface area contributed by atoms with E-state index in [1.165, 1.54) is 6.07 Å². The van der Waals surface area contributed by atoms with Gasteiger partial charge < -0.3 is 30.1 Å². The molecule has 4 aromatic rings. The van der Waals surface area contributed by atoms with Crippen molar-refractivity contribution in [3.63, 3.8) is 0 Å². The van der Waals surface area contributed by atoms with E-state index in [1.54, 1.807) is 36.5 Å². The van der Waals surface area contributed by atoms with Crippen LogP contribution in [0.2, 0.25) is 0 Å². The first kappa shape index (κ1) is 31.1. The summed E-state index contributed by atoms with van der Waals surface area (Å²) >= 11 is 0. The van der Waals surface area contributed by atoms with Crippen molar-refractivity contribution in [2.45, 2.75) is 44.2 Å². The summed E-state index contributed by atoms with van der Waals surface area (Å²) in [5.74, 6) is 0.203. The number of carboxylic acid groups (broad SMARTS) is 1. The van der Waals surface area contributed by atoms with Crippen LogP contribution in [0.1, 0.15) is 52.0 Å². The summed E-state index contributed by atoms with van der Waals surface area (Å²) in [7, 11) is 3.86. The van der Waals surface area contributed by atoms with Gasteiger partial charge >= 0.3 is 5.97 Å². The van der Waals surface area contributed by atoms with E-state index in [-0.39, 0.29) is 41.6 Å². The third kappa shape index (κ3) is 8.38. The van der Waals surface area contributed by atoms with Crippen LogP contribution in [0.3, 0.4) is 0 Å². The number of carbonyl (C=O) groups excluding carboxylic acids is 2. The minimum absolute atomic E-state index is 0.0277. The molecule has 10 nitrogen and oxygen atoms in total. The number of aromatic carboxylic acids is 1. The number of nitrogens with zero attached hydrogens (tertiary/aromatic N) is 2. The molecule has 0 atom stereocenters. The van der Waals surface area contributed by atoms with Crippen LogP contribution in [-0.4, -0.2) is 54.1 Å². The van der Waals surface area contributed by atoms with Gasteiger partial charge in [-0.15, -0.1) is 0 Å². The summed E-state index contributed by atoms with van der Waals surface area (Å²) in [6.45, 7) is 0. The van der Waals surface area contributed by atoms with Gasteiger partial charge in [-0.1, -0.05) is 30.3 Å². The molecule has 0 spiro atoms. The molecule has 0 saturated heterocycles. The van der Waals surface area contributed by atoms with Crippen LogP contribution in [0.5, 0.6) is 17.4 Å². The Hall–Kier alpha value is -5.38. The van der Waals surface area contributed by atoms with Gasteiger partial charge in [-0.2, -0.15) is 0 Å². The number of hydrogen-bond acceptors (Lipinski definition) is 7. The van der Waals surface area contributed by atoms with Crippen molar-refractivity contribution in [3.8, 4) is 17.4 Å². The Morgan fingerprint density at radius 1 is 0.844 bits per heavy atom. The van der Waals surface area contributed by atoms with Crippen molar-refractivity contribution in [2.24, 2.45) is 0 Å². The molecule has 1 heterocycles. The summed E-state index contributed by atoms with van der Waals surface area (Å²) in [6.07, 6.45) is 5.04. The number of carboxylic acids is 1. The van der Waals surface area contributed by atoms with Crippen molar-refractivity contribution in [3.05, 3.63) is 108 Å². The fourth-order valence-corrected chi connectivity index (χ4v) is 5.28. The molecule has 3 aromatic carbocycles. The van der Waals surface area contributed by atoms with Crippen LogP contribution in [0, 0.1) is 0 Å². The predicted molar refractivity (Wildman–Crippen MR) is 171 cm³/mol. The molecule has 1 aromatic heterocycles. The Morgan fingerprint density at radius 3 is 2.18 bits per heavy atom. The monoisotopic (exact) mass is 608 g/mol. The minimum Gasteiger partial charge on any atom is -0.490 e. The zero-order valence-corrected chi connectivity index (χ0v) is 25.2. The molecule has 2 amide bonds. The SMILES string of the molecule is CN(C)c1ccccc1C(=O)NC1CCC(Oc2ccc(Oc3ccc(CC(=O)Nc4ccccc4C(=O)O)cn3)cc2)CC1. The maximum Gasteiger partial charge on any atom is 0.337 e. The number of pyridine rings is 1. The second-order valence-electron chi connectivity index (χ2n) is 11.1. The number of aromatic nitrogens is 1. The second kappa shape index (κ2) is 14.4. The highest BCUT2D eigenvalue weighted by Gasteiger charge is 2.25. The van der Waals surface area contributed by atoms with Crippen LogP contribution < -0.4 is 25.0 Å². The zero-order chi connectivity index (χ0) is 31.8. The van der Waals surface area contributed by atoms with Crippen LogP contribution in [0.4, 0.5) is 11.4 Å². The van der Waals surface area contributed by atoms with E-state index >= 15 is 0 Å². The topological polar surface area (TPSA) is 130 Å². The number of amides is 2. The lowest BCUT2D eigenvalue weighted by atomic mass is 9.92. The van der Waals surface area contributed by atoms with Crippen LogP contribution in [0.15, 0.2) is 91.1 Å². The lowest BCUT2D eigenvalue weighted by molar-refractivity contribution is -0.115. The molecule has 232 valence electrons. The predicted octanol–water partition coefficient (Wildman–Crippen LogP) is 5.94. The summed E-state index contributed by atoms with van der Waals surface area (Å²) < 4.78 is 12.1. The zero-order valence-electron chi connectivity index (χ0n) is 25.2. The number of benzene rings is 3. The molecule has 1 saturated carbocycles. The Morgan fingerprint density at radius 2 is 1.51 bits per heavy atom. The van der Waals surface area contributed by atoms with Gasteiger partial charge in [0.1, 0.15) is 11.5 Å². The first-order valence-corrected chi connectivity index (χ1v) is 14.8. The van der Waals surface area contributed by atoms with E-state index in [9.17, 15) is 19.5 Å². The van der Waals surface area contributed by atoms with Crippen molar-refractivity contribution >= 4 is 29.2 Å². The smallest absolute Gasteiger partial charge is 0.337 e. The highest BCUT2D eigenvalue weighted by atomic mass is 16.5. The van der Waals surface area contributed by atoms with Gasteiger partial charge in [-0.05, 0) is 79.8 Å². The van der Waals surface area contributed by atoms with Crippen LogP contribution >= 0.6 is 0 Å². The number of hydrogen-bond donors (Lipinski definition) is 3. The van der Waals surface area contributed by atoms with Gasteiger partial charge in [0.05, 0.1) is 29.3 Å².